The molecule has 14 heteroatoms. The number of benzene rings is 2. The van der Waals surface area contributed by atoms with E-state index in [2.05, 4.69) is 0 Å². The van der Waals surface area contributed by atoms with Crippen LogP contribution in [0.15, 0.2) is 17.0 Å². The molecule has 2 aliphatic carbocycles. The number of ketones is 3. The Labute approximate surface area is 202 Å². The molecule has 1 amide bonds. The fraction of sp³-hybridized carbons (Fsp3) is 0.333. The highest BCUT2D eigenvalue weighted by Gasteiger charge is 2.66. The summed E-state index contributed by atoms with van der Waals surface area (Å²) in [4.78, 5) is 51.9. The molecule has 4 rings (SSSR count). The number of hydrogen-bond acceptors (Lipinski definition) is 10. The molecule has 0 bridgehead atoms. The number of hydrogen-bond donors (Lipinski definition) is 5. The number of rotatable bonds is 3. The molecule has 2 aromatic rings. The Bertz CT molecular complexity index is 1490. The molecule has 1 unspecified atom stereocenters. The van der Waals surface area contributed by atoms with Gasteiger partial charge in [0.15, 0.2) is 23.1 Å². The first-order valence-electron chi connectivity index (χ1n) is 10.0. The summed E-state index contributed by atoms with van der Waals surface area (Å²) in [5.74, 6) is -10.7. The molecule has 35 heavy (non-hydrogen) atoms. The molecule has 4 atom stereocenters. The number of primary amides is 1. The van der Waals surface area contributed by atoms with Gasteiger partial charge in [-0.1, -0.05) is 11.6 Å². The first kappa shape index (κ1) is 25.0. The molecule has 6 N–H and O–H groups in total. The van der Waals surface area contributed by atoms with Crippen molar-refractivity contribution in [1.29, 1.82) is 0 Å². The van der Waals surface area contributed by atoms with E-state index in [1.165, 1.54) is 25.1 Å². The van der Waals surface area contributed by atoms with Gasteiger partial charge in [0.25, 0.3) is 10.1 Å². The van der Waals surface area contributed by atoms with Crippen molar-refractivity contribution in [2.45, 2.75) is 23.0 Å². The molecule has 12 nitrogen and oxygen atoms in total. The summed E-state index contributed by atoms with van der Waals surface area (Å²) in [7, 11) is -2.12. The number of carbonyl (C=O) groups excluding carboxylic acids is 4. The van der Waals surface area contributed by atoms with Crippen LogP contribution in [0.1, 0.15) is 15.9 Å². The van der Waals surface area contributed by atoms with Crippen LogP contribution in [0.3, 0.4) is 0 Å². The SMILES string of the molecule is CN(C)[C@@H]1C(=O)C(C(N)=O)C(=O)[C@@]2(O)C(=O)c3c(cc4c(Cl)cc(S(=O)(=O)O)c(O)c4c3O)C[C@@H]12. The second-order valence-electron chi connectivity index (χ2n) is 8.78. The van der Waals surface area contributed by atoms with Crippen LogP contribution in [0, 0.1) is 11.8 Å². The van der Waals surface area contributed by atoms with Gasteiger partial charge in [0.2, 0.25) is 11.7 Å². The van der Waals surface area contributed by atoms with Crippen LogP contribution in [-0.4, -0.2) is 82.2 Å². The molecule has 1 saturated carbocycles. The highest BCUT2D eigenvalue weighted by Crippen LogP contribution is 2.50. The van der Waals surface area contributed by atoms with E-state index in [1.807, 2.05) is 0 Å². The van der Waals surface area contributed by atoms with E-state index in [1.54, 1.807) is 0 Å². The van der Waals surface area contributed by atoms with Crippen LogP contribution in [-0.2, 0) is 30.9 Å². The number of carbonyl (C=O) groups is 4. The van der Waals surface area contributed by atoms with Crippen molar-refractivity contribution in [3.63, 3.8) is 0 Å². The van der Waals surface area contributed by atoms with E-state index in [0.29, 0.717) is 0 Å². The van der Waals surface area contributed by atoms with E-state index in [4.69, 9.17) is 17.3 Å². The van der Waals surface area contributed by atoms with Gasteiger partial charge in [-0.05, 0) is 38.2 Å². The van der Waals surface area contributed by atoms with Gasteiger partial charge in [-0.15, -0.1) is 0 Å². The third-order valence-electron chi connectivity index (χ3n) is 6.63. The normalized spacial score (nSPS) is 26.7. The largest absolute Gasteiger partial charge is 0.506 e. The maximum Gasteiger partial charge on any atom is 0.298 e. The summed E-state index contributed by atoms with van der Waals surface area (Å²) in [6.07, 6.45) is -0.315. The van der Waals surface area contributed by atoms with Crippen LogP contribution >= 0.6 is 11.6 Å². The van der Waals surface area contributed by atoms with Crippen molar-refractivity contribution in [2.24, 2.45) is 17.6 Å². The van der Waals surface area contributed by atoms with E-state index >= 15 is 0 Å². The fourth-order valence-corrected chi connectivity index (χ4v) is 6.06. The summed E-state index contributed by atoms with van der Waals surface area (Å²) in [6, 6.07) is 0.699. The average molecular weight is 527 g/mol. The third-order valence-corrected chi connectivity index (χ3v) is 7.81. The van der Waals surface area contributed by atoms with E-state index in [-0.39, 0.29) is 22.4 Å². The number of nitrogens with two attached hydrogens (primary N) is 1. The minimum Gasteiger partial charge on any atom is -0.506 e. The number of aliphatic hydroxyl groups is 1. The number of nitrogens with zero attached hydrogens (tertiary/aromatic N) is 1. The lowest BCUT2D eigenvalue weighted by Crippen LogP contribution is -2.71. The predicted octanol–water partition coefficient (Wildman–Crippen LogP) is -0.579. The molecule has 0 saturated heterocycles. The Kier molecular flexibility index (Phi) is 5.50. The van der Waals surface area contributed by atoms with Crippen molar-refractivity contribution in [2.75, 3.05) is 14.1 Å². The Hall–Kier alpha value is -3.10. The molecule has 1 fully saturated rings. The van der Waals surface area contributed by atoms with Crippen molar-refractivity contribution in [3.8, 4) is 11.5 Å². The van der Waals surface area contributed by atoms with Gasteiger partial charge >= 0.3 is 0 Å². The molecule has 2 aliphatic rings. The highest BCUT2D eigenvalue weighted by atomic mass is 35.5. The Morgan fingerprint density at radius 1 is 1.17 bits per heavy atom. The van der Waals surface area contributed by atoms with Crippen LogP contribution in [0.25, 0.3) is 10.8 Å². The molecule has 0 aliphatic heterocycles. The smallest absolute Gasteiger partial charge is 0.298 e. The van der Waals surface area contributed by atoms with Crippen LogP contribution in [0.4, 0.5) is 0 Å². The van der Waals surface area contributed by atoms with Gasteiger partial charge in [0.1, 0.15) is 16.4 Å². The number of amides is 1. The molecule has 0 spiro atoms. The zero-order chi connectivity index (χ0) is 26.4. The van der Waals surface area contributed by atoms with Crippen LogP contribution in [0.2, 0.25) is 5.02 Å². The lowest BCUT2D eigenvalue weighted by Gasteiger charge is -2.48. The zero-order valence-electron chi connectivity index (χ0n) is 18.1. The number of Topliss-reactive ketones (excluding diaryl/α,β-unsaturated/α-hetero) is 3. The number of phenols is 2. The maximum absolute atomic E-state index is 13.6. The van der Waals surface area contributed by atoms with Crippen molar-refractivity contribution >= 4 is 55.7 Å². The molecule has 0 heterocycles. The van der Waals surface area contributed by atoms with Gasteiger partial charge in [0.05, 0.1) is 22.0 Å². The zero-order valence-corrected chi connectivity index (χ0v) is 19.7. The van der Waals surface area contributed by atoms with E-state index < -0.39 is 84.2 Å². The standard InChI is InChI=1S/C21H19ClN2O10S/c1-24(2)14-8-4-6-3-7-9(22)5-10(35(32,33)34)15(25)12(7)16(26)11(6)18(28)21(8,31)19(29)13(17(14)27)20(23)30/h3,5,8,13-14,25-26,31H,4H2,1-2H3,(H2,23,30)(H,32,33,34)/t8-,13?,14-,21-/m0/s1. The van der Waals surface area contributed by atoms with Gasteiger partial charge < -0.3 is 21.1 Å². The maximum atomic E-state index is 13.6. The number of aromatic hydroxyl groups is 2. The van der Waals surface area contributed by atoms with Gasteiger partial charge in [0, 0.05) is 11.3 Å². The topological polar surface area (TPSA) is 213 Å². The first-order chi connectivity index (χ1) is 16.0. The third kappa shape index (κ3) is 3.27. The first-order valence-corrected chi connectivity index (χ1v) is 11.8. The monoisotopic (exact) mass is 526 g/mol. The quantitative estimate of drug-likeness (QED) is 0.252. The number of phenolic OH excluding ortho intramolecular Hbond substituents is 2. The summed E-state index contributed by atoms with van der Waals surface area (Å²) in [6.45, 7) is 0. The van der Waals surface area contributed by atoms with E-state index in [0.717, 1.165) is 6.07 Å². The lowest BCUT2D eigenvalue weighted by atomic mass is 9.58. The highest BCUT2D eigenvalue weighted by molar-refractivity contribution is 7.86. The van der Waals surface area contributed by atoms with E-state index in [9.17, 15) is 47.5 Å². The second-order valence-corrected chi connectivity index (χ2v) is 10.6. The Morgan fingerprint density at radius 2 is 1.77 bits per heavy atom. The molecule has 186 valence electrons. The fourth-order valence-electron chi connectivity index (χ4n) is 5.13. The molecular formula is C21H19ClN2O10S. The summed E-state index contributed by atoms with van der Waals surface area (Å²) in [5.41, 5.74) is 1.69. The number of halogens is 1. The molecule has 2 aromatic carbocycles. The number of likely N-dealkylation sites (N-methyl/N-ethyl adjacent to an activating group) is 1. The van der Waals surface area contributed by atoms with Crippen molar-refractivity contribution < 1.29 is 47.5 Å². The average Bonchev–Trinajstić information content (AvgIpc) is 2.71. The molecule has 0 radical (unpaired) electrons. The molecular weight excluding hydrogens is 508 g/mol. The summed E-state index contributed by atoms with van der Waals surface area (Å²) >= 11 is 6.14. The summed E-state index contributed by atoms with van der Waals surface area (Å²) < 4.78 is 32.7. The van der Waals surface area contributed by atoms with Crippen LogP contribution < -0.4 is 5.73 Å². The minimum atomic E-state index is -5.01. The Morgan fingerprint density at radius 3 is 2.29 bits per heavy atom. The molecule has 0 aromatic heterocycles. The number of fused-ring (bicyclic) bond motifs is 3. The Balaban J connectivity index is 2.07. The minimum absolute atomic E-state index is 0.0422. The second kappa shape index (κ2) is 7.70. The van der Waals surface area contributed by atoms with Crippen LogP contribution in [0.5, 0.6) is 11.5 Å². The van der Waals surface area contributed by atoms with Crippen molar-refractivity contribution in [1.82, 2.24) is 4.90 Å². The van der Waals surface area contributed by atoms with Gasteiger partial charge in [-0.25, -0.2) is 0 Å². The van der Waals surface area contributed by atoms with Gasteiger partial charge in [-0.2, -0.15) is 8.42 Å². The van der Waals surface area contributed by atoms with Gasteiger partial charge in [-0.3, -0.25) is 28.6 Å². The van der Waals surface area contributed by atoms with Crippen molar-refractivity contribution in [3.05, 3.63) is 28.3 Å². The summed E-state index contributed by atoms with van der Waals surface area (Å²) in [5, 5.41) is 31.8. The lowest BCUT2D eigenvalue weighted by molar-refractivity contribution is -0.162. The predicted molar refractivity (Wildman–Crippen MR) is 119 cm³/mol.